The molecule has 6 nitrogen and oxygen atoms in total. The summed E-state index contributed by atoms with van der Waals surface area (Å²) in [5, 5.41) is 0.387. The molecule has 0 saturated heterocycles. The summed E-state index contributed by atoms with van der Waals surface area (Å²) < 4.78 is 31.2. The zero-order valence-corrected chi connectivity index (χ0v) is 20.1. The maximum absolute atomic E-state index is 13.7. The topological polar surface area (TPSA) is 69.0 Å². The van der Waals surface area contributed by atoms with E-state index >= 15 is 0 Å². The largest absolute Gasteiger partial charge is 0.493 e. The van der Waals surface area contributed by atoms with E-state index in [0.29, 0.717) is 40.3 Å². The van der Waals surface area contributed by atoms with Crippen LogP contribution in [0.3, 0.4) is 0 Å². The third-order valence-electron chi connectivity index (χ3n) is 6.39. The minimum Gasteiger partial charge on any atom is -0.493 e. The van der Waals surface area contributed by atoms with Gasteiger partial charge < -0.3 is 13.9 Å². The highest BCUT2D eigenvalue weighted by atomic mass is 19.1. The quantitative estimate of drug-likeness (QED) is 0.275. The van der Waals surface area contributed by atoms with Crippen LogP contribution in [0.1, 0.15) is 53.9 Å². The maximum atomic E-state index is 13.7. The van der Waals surface area contributed by atoms with Crippen molar-refractivity contribution in [2.75, 3.05) is 18.6 Å². The maximum Gasteiger partial charge on any atom is 0.295 e. The van der Waals surface area contributed by atoms with E-state index in [9.17, 15) is 14.0 Å². The van der Waals surface area contributed by atoms with Gasteiger partial charge in [0.1, 0.15) is 11.4 Å². The Morgan fingerprint density at radius 2 is 1.75 bits per heavy atom. The number of carbonyl (C=O) groups is 1. The molecule has 1 aromatic heterocycles. The van der Waals surface area contributed by atoms with Crippen molar-refractivity contribution >= 4 is 22.6 Å². The number of methoxy groups -OCH3 is 1. The number of rotatable bonds is 8. The van der Waals surface area contributed by atoms with Gasteiger partial charge in [-0.3, -0.25) is 14.5 Å². The van der Waals surface area contributed by atoms with Gasteiger partial charge in [0.15, 0.2) is 16.9 Å². The van der Waals surface area contributed by atoms with Crippen LogP contribution in [0, 0.1) is 5.82 Å². The molecule has 0 radical (unpaired) electrons. The molecule has 0 saturated carbocycles. The summed E-state index contributed by atoms with van der Waals surface area (Å²) in [5.74, 6) is 0.163. The number of nitrogens with zero attached hydrogens (tertiary/aromatic N) is 1. The lowest BCUT2D eigenvalue weighted by molar-refractivity contribution is 0.0971. The Morgan fingerprint density at radius 3 is 2.50 bits per heavy atom. The number of unbranched alkanes of at least 4 members (excludes halogenated alkanes) is 2. The molecule has 1 aliphatic rings. The van der Waals surface area contributed by atoms with E-state index in [0.717, 1.165) is 19.3 Å². The fourth-order valence-electron chi connectivity index (χ4n) is 4.61. The molecule has 0 aliphatic carbocycles. The molecule has 0 bridgehead atoms. The second-order valence-electron chi connectivity index (χ2n) is 8.69. The Bertz CT molecular complexity index is 1480. The number of anilines is 1. The van der Waals surface area contributed by atoms with E-state index in [4.69, 9.17) is 13.9 Å². The number of hydrogen-bond donors (Lipinski definition) is 0. The van der Waals surface area contributed by atoms with Crippen molar-refractivity contribution in [1.82, 2.24) is 0 Å². The minimum absolute atomic E-state index is 0.0214. The van der Waals surface area contributed by atoms with Gasteiger partial charge in [-0.25, -0.2) is 4.39 Å². The van der Waals surface area contributed by atoms with Gasteiger partial charge in [0, 0.05) is 5.69 Å². The average molecular weight is 488 g/mol. The lowest BCUT2D eigenvalue weighted by Gasteiger charge is -2.26. The summed E-state index contributed by atoms with van der Waals surface area (Å²) in [4.78, 5) is 28.7. The van der Waals surface area contributed by atoms with Crippen LogP contribution >= 0.6 is 0 Å². The molecular formula is C29H26FNO5. The highest BCUT2D eigenvalue weighted by Crippen LogP contribution is 2.43. The van der Waals surface area contributed by atoms with Crippen LogP contribution in [-0.2, 0) is 0 Å². The second kappa shape index (κ2) is 9.85. The van der Waals surface area contributed by atoms with Gasteiger partial charge in [0.05, 0.1) is 30.7 Å². The van der Waals surface area contributed by atoms with E-state index in [-0.39, 0.29) is 16.8 Å². The van der Waals surface area contributed by atoms with Crippen LogP contribution in [0.25, 0.3) is 11.0 Å². The average Bonchev–Trinajstić information content (AvgIpc) is 3.19. The smallest absolute Gasteiger partial charge is 0.295 e. The highest BCUT2D eigenvalue weighted by molar-refractivity contribution is 6.10. The first kappa shape index (κ1) is 23.6. The lowest BCUT2D eigenvalue weighted by atomic mass is 9.97. The highest BCUT2D eigenvalue weighted by Gasteiger charge is 2.44. The second-order valence-corrected chi connectivity index (χ2v) is 8.69. The van der Waals surface area contributed by atoms with Crippen molar-refractivity contribution in [3.8, 4) is 11.5 Å². The normalized spacial score (nSPS) is 14.8. The molecule has 1 aliphatic heterocycles. The summed E-state index contributed by atoms with van der Waals surface area (Å²) in [6.07, 6.45) is 3.08. The molecule has 2 heterocycles. The van der Waals surface area contributed by atoms with Crippen LogP contribution in [-0.4, -0.2) is 19.6 Å². The zero-order chi connectivity index (χ0) is 25.2. The molecule has 7 heteroatoms. The SMILES string of the molecule is CCCCCOc1ccc(C2c3c(oc4ccccc4c3=O)C(=O)N2c2ccc(F)cc2)cc1OC. The van der Waals surface area contributed by atoms with Crippen LogP contribution < -0.4 is 19.8 Å². The fourth-order valence-corrected chi connectivity index (χ4v) is 4.61. The third-order valence-corrected chi connectivity index (χ3v) is 6.39. The van der Waals surface area contributed by atoms with Crippen LogP contribution in [0.2, 0.25) is 0 Å². The van der Waals surface area contributed by atoms with Gasteiger partial charge in [-0.2, -0.15) is 0 Å². The van der Waals surface area contributed by atoms with E-state index in [1.54, 1.807) is 43.5 Å². The molecule has 0 spiro atoms. The molecule has 3 aromatic carbocycles. The predicted molar refractivity (Wildman–Crippen MR) is 136 cm³/mol. The summed E-state index contributed by atoms with van der Waals surface area (Å²) >= 11 is 0. The van der Waals surface area contributed by atoms with E-state index in [1.807, 2.05) is 6.07 Å². The summed E-state index contributed by atoms with van der Waals surface area (Å²) in [7, 11) is 1.55. The predicted octanol–water partition coefficient (Wildman–Crippen LogP) is 6.26. The van der Waals surface area contributed by atoms with Gasteiger partial charge >= 0.3 is 0 Å². The van der Waals surface area contributed by atoms with E-state index in [2.05, 4.69) is 6.92 Å². The summed E-state index contributed by atoms with van der Waals surface area (Å²) in [5.41, 5.74) is 1.38. The van der Waals surface area contributed by atoms with Crippen molar-refractivity contribution < 1.29 is 23.1 Å². The summed E-state index contributed by atoms with van der Waals surface area (Å²) in [6, 6.07) is 17.0. The molecule has 1 amide bonds. The first-order chi connectivity index (χ1) is 17.5. The minimum atomic E-state index is -0.790. The Kier molecular flexibility index (Phi) is 6.46. The Balaban J connectivity index is 1.66. The Labute approximate surface area is 207 Å². The van der Waals surface area contributed by atoms with Gasteiger partial charge in [-0.15, -0.1) is 0 Å². The van der Waals surface area contributed by atoms with Crippen molar-refractivity contribution in [3.63, 3.8) is 0 Å². The lowest BCUT2D eigenvalue weighted by Crippen LogP contribution is -2.29. The van der Waals surface area contributed by atoms with Crippen LogP contribution in [0.15, 0.2) is 75.9 Å². The zero-order valence-electron chi connectivity index (χ0n) is 20.1. The first-order valence-corrected chi connectivity index (χ1v) is 12.0. The standard InChI is InChI=1S/C29H26FNO5/c1-3-4-7-16-35-23-15-10-18(17-24(23)34-2)26-25-27(32)21-8-5-6-9-22(21)36-28(25)29(33)31(26)20-13-11-19(30)12-14-20/h5-6,8-15,17,26H,3-4,7,16H2,1-2H3. The molecule has 0 fully saturated rings. The first-order valence-electron chi connectivity index (χ1n) is 12.0. The van der Waals surface area contributed by atoms with Crippen LogP contribution in [0.4, 0.5) is 10.1 Å². The van der Waals surface area contributed by atoms with Crippen molar-refractivity contribution in [2.24, 2.45) is 0 Å². The van der Waals surface area contributed by atoms with Crippen LogP contribution in [0.5, 0.6) is 11.5 Å². The van der Waals surface area contributed by atoms with Gasteiger partial charge in [0.2, 0.25) is 5.76 Å². The van der Waals surface area contributed by atoms with Gasteiger partial charge in [0.25, 0.3) is 5.91 Å². The fraction of sp³-hybridized carbons (Fsp3) is 0.241. The number of halogens is 1. The molecule has 36 heavy (non-hydrogen) atoms. The number of fused-ring (bicyclic) bond motifs is 2. The van der Waals surface area contributed by atoms with Crippen molar-refractivity contribution in [1.29, 1.82) is 0 Å². The molecule has 0 N–H and O–H groups in total. The van der Waals surface area contributed by atoms with Crippen molar-refractivity contribution in [3.05, 3.63) is 99.7 Å². The number of benzene rings is 3. The Morgan fingerprint density at radius 1 is 0.972 bits per heavy atom. The third kappa shape index (κ3) is 4.11. The Hall–Kier alpha value is -4.13. The number of carbonyl (C=O) groups excluding carboxylic acids is 1. The van der Waals surface area contributed by atoms with Crippen molar-refractivity contribution in [2.45, 2.75) is 32.2 Å². The van der Waals surface area contributed by atoms with Gasteiger partial charge in [-0.05, 0) is 60.5 Å². The number of amides is 1. The number of hydrogen-bond acceptors (Lipinski definition) is 5. The van der Waals surface area contributed by atoms with E-state index in [1.165, 1.54) is 29.2 Å². The molecule has 1 atom stereocenters. The van der Waals surface area contributed by atoms with Gasteiger partial charge in [-0.1, -0.05) is 38.0 Å². The van der Waals surface area contributed by atoms with E-state index < -0.39 is 17.8 Å². The number of para-hydroxylation sites is 1. The monoisotopic (exact) mass is 487 g/mol. The molecule has 184 valence electrons. The molecular weight excluding hydrogens is 461 g/mol. The molecule has 1 unspecified atom stereocenters. The molecule has 5 rings (SSSR count). The summed E-state index contributed by atoms with van der Waals surface area (Å²) in [6.45, 7) is 2.69. The molecule has 4 aromatic rings. The number of ether oxygens (including phenoxy) is 2.